The number of hydrogen-bond acceptors (Lipinski definition) is 5. The van der Waals surface area contributed by atoms with Gasteiger partial charge >= 0.3 is 12.1 Å². The smallest absolute Gasteiger partial charge is 0.408 e. The Bertz CT molecular complexity index is 631. The lowest BCUT2D eigenvalue weighted by Gasteiger charge is -2.24. The zero-order valence-electron chi connectivity index (χ0n) is 16.2. The van der Waals surface area contributed by atoms with Crippen molar-refractivity contribution in [1.29, 1.82) is 0 Å². The number of carbonyl (C=O) groups is 3. The maximum Gasteiger partial charge on any atom is 0.408 e. The standard InChI is InChI=1S/C19H28N2O5S/c1-19(2,3)26-18(25)21-14(10-11-27-4)16(22)20-15(17(23)24)12-13-8-6-5-7-9-13/h5-9,14-15H,10-12H2,1-4H3,(H,20,22)(H,21,25)(H,23,24)/t14-,15+/m0/s1. The SMILES string of the molecule is CSCC[C@H](NC(=O)OC(C)(C)C)C(=O)N[C@H](Cc1ccccc1)C(=O)O. The van der Waals surface area contributed by atoms with Crippen LogP contribution in [0.5, 0.6) is 0 Å². The predicted octanol–water partition coefficient (Wildman–Crippen LogP) is 2.44. The largest absolute Gasteiger partial charge is 0.480 e. The highest BCUT2D eigenvalue weighted by atomic mass is 32.2. The summed E-state index contributed by atoms with van der Waals surface area (Å²) in [6.45, 7) is 5.18. The van der Waals surface area contributed by atoms with Gasteiger partial charge in [-0.3, -0.25) is 4.79 Å². The van der Waals surface area contributed by atoms with Crippen LogP contribution in [0.25, 0.3) is 0 Å². The van der Waals surface area contributed by atoms with Crippen molar-refractivity contribution in [2.45, 2.75) is 51.3 Å². The summed E-state index contributed by atoms with van der Waals surface area (Å²) in [6, 6.07) is 7.09. The van der Waals surface area contributed by atoms with Gasteiger partial charge in [-0.25, -0.2) is 9.59 Å². The second kappa shape index (κ2) is 10.8. The van der Waals surface area contributed by atoms with Gasteiger partial charge in [-0.2, -0.15) is 11.8 Å². The molecule has 0 heterocycles. The van der Waals surface area contributed by atoms with Crippen LogP contribution in [-0.4, -0.2) is 52.8 Å². The number of hydrogen-bond donors (Lipinski definition) is 3. The fourth-order valence-corrected chi connectivity index (χ4v) is 2.75. The van der Waals surface area contributed by atoms with Crippen LogP contribution in [0.3, 0.4) is 0 Å². The quantitative estimate of drug-likeness (QED) is 0.592. The van der Waals surface area contributed by atoms with Gasteiger partial charge in [-0.1, -0.05) is 30.3 Å². The lowest BCUT2D eigenvalue weighted by molar-refractivity contribution is -0.142. The molecule has 0 aliphatic carbocycles. The number of nitrogens with one attached hydrogen (secondary N) is 2. The first kappa shape index (κ1) is 22.8. The summed E-state index contributed by atoms with van der Waals surface area (Å²) in [5.41, 5.74) is 0.104. The summed E-state index contributed by atoms with van der Waals surface area (Å²) in [6.07, 6.45) is 1.70. The summed E-state index contributed by atoms with van der Waals surface area (Å²) >= 11 is 1.53. The molecule has 7 nitrogen and oxygen atoms in total. The van der Waals surface area contributed by atoms with Crippen molar-refractivity contribution in [2.75, 3.05) is 12.0 Å². The number of carboxylic acid groups (broad SMARTS) is 1. The minimum Gasteiger partial charge on any atom is -0.480 e. The third-order valence-corrected chi connectivity index (χ3v) is 4.16. The van der Waals surface area contributed by atoms with E-state index in [9.17, 15) is 19.5 Å². The summed E-state index contributed by atoms with van der Waals surface area (Å²) in [5, 5.41) is 14.5. The van der Waals surface area contributed by atoms with Crippen molar-refractivity contribution in [2.24, 2.45) is 0 Å². The minimum absolute atomic E-state index is 0.156. The van der Waals surface area contributed by atoms with Crippen LogP contribution < -0.4 is 10.6 Å². The molecule has 0 aromatic heterocycles. The molecule has 0 aliphatic heterocycles. The maximum absolute atomic E-state index is 12.6. The Balaban J connectivity index is 2.79. The van der Waals surface area contributed by atoms with Gasteiger partial charge in [0.25, 0.3) is 0 Å². The van der Waals surface area contributed by atoms with Crippen molar-refractivity contribution in [3.63, 3.8) is 0 Å². The second-order valence-electron chi connectivity index (χ2n) is 7.07. The fourth-order valence-electron chi connectivity index (χ4n) is 2.28. The molecule has 0 unspecified atom stereocenters. The minimum atomic E-state index is -1.13. The zero-order valence-corrected chi connectivity index (χ0v) is 17.0. The van der Waals surface area contributed by atoms with E-state index in [0.717, 1.165) is 5.56 Å². The highest BCUT2D eigenvalue weighted by Crippen LogP contribution is 2.09. The molecule has 0 saturated heterocycles. The van der Waals surface area contributed by atoms with Crippen molar-refractivity contribution in [1.82, 2.24) is 10.6 Å². The molecule has 27 heavy (non-hydrogen) atoms. The molecule has 8 heteroatoms. The van der Waals surface area contributed by atoms with Gasteiger partial charge < -0.3 is 20.5 Å². The molecule has 0 fully saturated rings. The highest BCUT2D eigenvalue weighted by Gasteiger charge is 2.28. The molecule has 3 N–H and O–H groups in total. The third-order valence-electron chi connectivity index (χ3n) is 3.52. The van der Waals surface area contributed by atoms with Crippen LogP contribution in [0.4, 0.5) is 4.79 Å². The Morgan fingerprint density at radius 1 is 1.11 bits per heavy atom. The Hall–Kier alpha value is -2.22. The number of amides is 2. The molecule has 150 valence electrons. The Morgan fingerprint density at radius 2 is 1.74 bits per heavy atom. The van der Waals surface area contributed by atoms with Crippen LogP contribution in [-0.2, 0) is 20.7 Å². The zero-order chi connectivity index (χ0) is 20.4. The average molecular weight is 397 g/mol. The molecule has 1 aromatic rings. The number of ether oxygens (including phenoxy) is 1. The van der Waals surface area contributed by atoms with Crippen LogP contribution in [0, 0.1) is 0 Å². The van der Waals surface area contributed by atoms with Crippen LogP contribution >= 0.6 is 11.8 Å². The van der Waals surface area contributed by atoms with Crippen molar-refractivity contribution >= 4 is 29.7 Å². The van der Waals surface area contributed by atoms with E-state index in [2.05, 4.69) is 10.6 Å². The van der Waals surface area contributed by atoms with E-state index >= 15 is 0 Å². The first-order valence-electron chi connectivity index (χ1n) is 8.68. The maximum atomic E-state index is 12.6. The first-order valence-corrected chi connectivity index (χ1v) is 10.1. The van der Waals surface area contributed by atoms with Gasteiger partial charge in [0.2, 0.25) is 5.91 Å². The number of alkyl carbamates (subject to hydrolysis) is 1. The topological polar surface area (TPSA) is 105 Å². The Kier molecular flexibility index (Phi) is 9.14. The average Bonchev–Trinajstić information content (AvgIpc) is 2.57. The van der Waals surface area contributed by atoms with E-state index in [1.54, 1.807) is 45.0 Å². The Labute approximate surface area is 164 Å². The number of benzene rings is 1. The summed E-state index contributed by atoms with van der Waals surface area (Å²) in [5.74, 6) is -1.05. The van der Waals surface area contributed by atoms with Gasteiger partial charge in [0, 0.05) is 6.42 Å². The third kappa shape index (κ3) is 9.33. The number of rotatable bonds is 9. The lowest BCUT2D eigenvalue weighted by atomic mass is 10.1. The van der Waals surface area contributed by atoms with Crippen molar-refractivity contribution in [3.05, 3.63) is 35.9 Å². The van der Waals surface area contributed by atoms with E-state index in [-0.39, 0.29) is 6.42 Å². The molecule has 1 rings (SSSR count). The fraction of sp³-hybridized carbons (Fsp3) is 0.526. The van der Waals surface area contributed by atoms with E-state index in [0.29, 0.717) is 12.2 Å². The van der Waals surface area contributed by atoms with Gasteiger partial charge in [-0.15, -0.1) is 0 Å². The van der Waals surface area contributed by atoms with E-state index in [4.69, 9.17) is 4.74 Å². The number of thioether (sulfide) groups is 1. The molecule has 0 saturated carbocycles. The van der Waals surface area contributed by atoms with Gasteiger partial charge in [0.15, 0.2) is 0 Å². The summed E-state index contributed by atoms with van der Waals surface area (Å²) in [7, 11) is 0. The lowest BCUT2D eigenvalue weighted by Crippen LogP contribution is -2.53. The number of carboxylic acids is 1. The van der Waals surface area contributed by atoms with Crippen molar-refractivity contribution in [3.8, 4) is 0 Å². The molecule has 0 aliphatic rings. The van der Waals surface area contributed by atoms with E-state index in [1.807, 2.05) is 12.3 Å². The van der Waals surface area contributed by atoms with Gasteiger partial charge in [0.05, 0.1) is 0 Å². The first-order chi connectivity index (χ1) is 12.6. The van der Waals surface area contributed by atoms with Gasteiger partial charge in [0.1, 0.15) is 17.7 Å². The monoisotopic (exact) mass is 396 g/mol. The summed E-state index contributed by atoms with van der Waals surface area (Å²) in [4.78, 5) is 36.2. The second-order valence-corrected chi connectivity index (χ2v) is 8.06. The van der Waals surface area contributed by atoms with E-state index < -0.39 is 35.7 Å². The molecule has 0 radical (unpaired) electrons. The normalized spacial score (nSPS) is 13.3. The van der Waals surface area contributed by atoms with Gasteiger partial charge in [-0.05, 0) is 44.8 Å². The predicted molar refractivity (Wildman–Crippen MR) is 106 cm³/mol. The Morgan fingerprint density at radius 3 is 2.26 bits per heavy atom. The molecule has 0 spiro atoms. The summed E-state index contributed by atoms with van der Waals surface area (Å²) < 4.78 is 5.19. The van der Waals surface area contributed by atoms with Crippen LogP contribution in [0.2, 0.25) is 0 Å². The van der Waals surface area contributed by atoms with Crippen molar-refractivity contribution < 1.29 is 24.2 Å². The van der Waals surface area contributed by atoms with Crippen LogP contribution in [0.1, 0.15) is 32.8 Å². The molecule has 0 bridgehead atoms. The number of aliphatic carboxylic acids is 1. The molecule has 1 aromatic carbocycles. The number of carbonyl (C=O) groups excluding carboxylic acids is 2. The van der Waals surface area contributed by atoms with E-state index in [1.165, 1.54) is 11.8 Å². The molecule has 2 amide bonds. The van der Waals surface area contributed by atoms with Crippen LogP contribution in [0.15, 0.2) is 30.3 Å². The molecular formula is C19H28N2O5S. The highest BCUT2D eigenvalue weighted by molar-refractivity contribution is 7.98. The molecule has 2 atom stereocenters. The molecular weight excluding hydrogens is 368 g/mol.